The minimum absolute atomic E-state index is 0.0277. The van der Waals surface area contributed by atoms with Gasteiger partial charge in [0, 0.05) is 0 Å². The molecule has 1 amide bonds. The fourth-order valence-corrected chi connectivity index (χ4v) is 2.24. The number of hydrogen-bond acceptors (Lipinski definition) is 2. The predicted octanol–water partition coefficient (Wildman–Crippen LogP) is 2.65. The van der Waals surface area contributed by atoms with Crippen LogP contribution < -0.4 is 5.32 Å². The van der Waals surface area contributed by atoms with Crippen molar-refractivity contribution in [2.45, 2.75) is 53.5 Å². The Morgan fingerprint density at radius 3 is 2.29 bits per heavy atom. The van der Waals surface area contributed by atoms with Crippen LogP contribution in [0, 0.1) is 17.8 Å². The minimum Gasteiger partial charge on any atom is -0.344 e. The van der Waals surface area contributed by atoms with Gasteiger partial charge in [0.2, 0.25) is 0 Å². The first-order chi connectivity index (χ1) is 7.76. The van der Waals surface area contributed by atoms with E-state index in [1.54, 1.807) is 0 Å². The molecule has 0 spiro atoms. The molecule has 0 aromatic rings. The van der Waals surface area contributed by atoms with Crippen LogP contribution >= 0.6 is 0 Å². The van der Waals surface area contributed by atoms with Crippen molar-refractivity contribution in [3.05, 3.63) is 0 Å². The van der Waals surface area contributed by atoms with Crippen molar-refractivity contribution in [2.75, 3.05) is 6.54 Å². The highest BCUT2D eigenvalue weighted by atomic mass is 16.2. The van der Waals surface area contributed by atoms with Gasteiger partial charge in [-0.05, 0) is 31.1 Å². The second kappa shape index (κ2) is 5.19. The molecule has 0 saturated heterocycles. The van der Waals surface area contributed by atoms with Gasteiger partial charge in [-0.25, -0.2) is 0 Å². The van der Waals surface area contributed by atoms with Crippen molar-refractivity contribution in [3.63, 3.8) is 0 Å². The molecule has 1 aliphatic rings. The van der Waals surface area contributed by atoms with Crippen molar-refractivity contribution in [2.24, 2.45) is 22.7 Å². The molecular formula is C14H26N2O. The molecule has 98 valence electrons. The highest BCUT2D eigenvalue weighted by molar-refractivity contribution is 6.39. The minimum atomic E-state index is -0.189. The van der Waals surface area contributed by atoms with Crippen LogP contribution in [0.15, 0.2) is 4.99 Å². The molecule has 0 saturated carbocycles. The molecule has 1 aliphatic heterocycles. The summed E-state index contributed by atoms with van der Waals surface area (Å²) in [5.41, 5.74) is 0.527. The summed E-state index contributed by atoms with van der Waals surface area (Å²) in [7, 11) is 0. The predicted molar refractivity (Wildman–Crippen MR) is 72.3 cm³/mol. The average Bonchev–Trinajstić information content (AvgIpc) is 2.21. The number of nitrogens with one attached hydrogen (secondary N) is 1. The maximum absolute atomic E-state index is 12.0. The average molecular weight is 238 g/mol. The fourth-order valence-electron chi connectivity index (χ4n) is 2.24. The number of aliphatic imine (C=N–C) groups is 1. The number of hydrogen-bond donors (Lipinski definition) is 1. The second-order valence-electron chi connectivity index (χ2n) is 6.27. The molecule has 1 N–H and O–H groups in total. The van der Waals surface area contributed by atoms with Crippen LogP contribution in [0.5, 0.6) is 0 Å². The third-order valence-corrected chi connectivity index (χ3v) is 3.87. The summed E-state index contributed by atoms with van der Waals surface area (Å²) in [6.07, 6.45) is 0.776. The lowest BCUT2D eigenvalue weighted by molar-refractivity contribution is -0.117. The summed E-state index contributed by atoms with van der Waals surface area (Å²) in [6.45, 7) is 13.6. The summed E-state index contributed by atoms with van der Waals surface area (Å²) in [4.78, 5) is 16.5. The van der Waals surface area contributed by atoms with Gasteiger partial charge in [0.15, 0.2) is 0 Å². The van der Waals surface area contributed by atoms with E-state index in [-0.39, 0.29) is 11.4 Å². The lowest BCUT2D eigenvalue weighted by Gasteiger charge is -2.40. The van der Waals surface area contributed by atoms with Crippen molar-refractivity contribution in [3.8, 4) is 0 Å². The Morgan fingerprint density at radius 1 is 1.29 bits per heavy atom. The first kappa shape index (κ1) is 14.2. The van der Waals surface area contributed by atoms with Crippen LogP contribution in [0.3, 0.4) is 0 Å². The largest absolute Gasteiger partial charge is 0.344 e. The van der Waals surface area contributed by atoms with E-state index in [1.807, 2.05) is 0 Å². The van der Waals surface area contributed by atoms with Gasteiger partial charge in [0.1, 0.15) is 0 Å². The molecule has 2 atom stereocenters. The second-order valence-corrected chi connectivity index (χ2v) is 6.27. The van der Waals surface area contributed by atoms with E-state index in [2.05, 4.69) is 51.9 Å². The van der Waals surface area contributed by atoms with Gasteiger partial charge in [0.05, 0.1) is 17.8 Å². The van der Waals surface area contributed by atoms with Crippen LogP contribution in [0.1, 0.15) is 48.0 Å². The van der Waals surface area contributed by atoms with Crippen molar-refractivity contribution >= 4 is 11.6 Å². The SMILES string of the molecule is CC(C)CC1=NC[C@](C)([C@@H](C)C(C)C)NC1=O. The molecular weight excluding hydrogens is 212 g/mol. The van der Waals surface area contributed by atoms with Crippen LogP contribution in [-0.2, 0) is 4.79 Å². The molecule has 0 aliphatic carbocycles. The first-order valence-electron chi connectivity index (χ1n) is 6.62. The zero-order chi connectivity index (χ0) is 13.2. The maximum Gasteiger partial charge on any atom is 0.265 e. The summed E-state index contributed by atoms with van der Waals surface area (Å²) >= 11 is 0. The highest BCUT2D eigenvalue weighted by Gasteiger charge is 2.38. The molecule has 0 fully saturated rings. The highest BCUT2D eigenvalue weighted by Crippen LogP contribution is 2.27. The number of amides is 1. The number of rotatable bonds is 4. The third-order valence-electron chi connectivity index (χ3n) is 3.87. The lowest BCUT2D eigenvalue weighted by atomic mass is 9.78. The number of nitrogens with zero attached hydrogens (tertiary/aromatic N) is 1. The molecule has 0 radical (unpaired) electrons. The van der Waals surface area contributed by atoms with Gasteiger partial charge in [0.25, 0.3) is 5.91 Å². The van der Waals surface area contributed by atoms with E-state index >= 15 is 0 Å². The van der Waals surface area contributed by atoms with Gasteiger partial charge in [-0.2, -0.15) is 0 Å². The Bertz CT molecular complexity index is 320. The van der Waals surface area contributed by atoms with Crippen molar-refractivity contribution < 1.29 is 4.79 Å². The van der Waals surface area contributed by atoms with E-state index in [0.717, 1.165) is 6.42 Å². The fraction of sp³-hybridized carbons (Fsp3) is 0.857. The standard InChI is InChI=1S/C14H26N2O/c1-9(2)7-12-13(17)16-14(6,8-15-12)11(5)10(3)4/h9-11H,7-8H2,1-6H3,(H,16,17)/t11-,14+/m0/s1. The van der Waals surface area contributed by atoms with Gasteiger partial charge in [-0.3, -0.25) is 9.79 Å². The Morgan fingerprint density at radius 2 is 1.88 bits per heavy atom. The third kappa shape index (κ3) is 3.30. The Hall–Kier alpha value is -0.860. The molecule has 1 heterocycles. The molecule has 3 heteroatoms. The molecule has 0 aromatic carbocycles. The summed E-state index contributed by atoms with van der Waals surface area (Å²) in [5.74, 6) is 1.48. The van der Waals surface area contributed by atoms with E-state index in [1.165, 1.54) is 0 Å². The van der Waals surface area contributed by atoms with Gasteiger partial charge >= 0.3 is 0 Å². The smallest absolute Gasteiger partial charge is 0.265 e. The van der Waals surface area contributed by atoms with E-state index in [4.69, 9.17) is 0 Å². The van der Waals surface area contributed by atoms with E-state index in [9.17, 15) is 4.79 Å². The molecule has 0 aromatic heterocycles. The Labute approximate surface area is 105 Å². The summed E-state index contributed by atoms with van der Waals surface area (Å²) < 4.78 is 0. The Balaban J connectivity index is 2.80. The molecule has 0 unspecified atom stereocenters. The van der Waals surface area contributed by atoms with E-state index in [0.29, 0.717) is 30.0 Å². The van der Waals surface area contributed by atoms with Gasteiger partial charge in [-0.15, -0.1) is 0 Å². The van der Waals surface area contributed by atoms with Crippen LogP contribution in [-0.4, -0.2) is 23.7 Å². The molecule has 0 bridgehead atoms. The van der Waals surface area contributed by atoms with Gasteiger partial charge < -0.3 is 5.32 Å². The summed E-state index contributed by atoms with van der Waals surface area (Å²) in [5, 5.41) is 3.16. The van der Waals surface area contributed by atoms with Crippen LogP contribution in [0.4, 0.5) is 0 Å². The van der Waals surface area contributed by atoms with Crippen molar-refractivity contribution in [1.29, 1.82) is 0 Å². The zero-order valence-corrected chi connectivity index (χ0v) is 12.0. The molecule has 17 heavy (non-hydrogen) atoms. The first-order valence-corrected chi connectivity index (χ1v) is 6.62. The lowest BCUT2D eigenvalue weighted by Crippen LogP contribution is -2.59. The normalized spacial score (nSPS) is 27.1. The molecule has 1 rings (SSSR count). The summed E-state index contributed by atoms with van der Waals surface area (Å²) in [6, 6.07) is 0. The zero-order valence-electron chi connectivity index (χ0n) is 12.0. The number of carbonyl (C=O) groups excluding carboxylic acids is 1. The van der Waals surface area contributed by atoms with Crippen molar-refractivity contribution in [1.82, 2.24) is 5.32 Å². The van der Waals surface area contributed by atoms with Gasteiger partial charge in [-0.1, -0.05) is 34.6 Å². The van der Waals surface area contributed by atoms with Crippen LogP contribution in [0.2, 0.25) is 0 Å². The topological polar surface area (TPSA) is 41.5 Å². The quantitative estimate of drug-likeness (QED) is 0.803. The van der Waals surface area contributed by atoms with E-state index < -0.39 is 0 Å². The Kier molecular flexibility index (Phi) is 4.34. The monoisotopic (exact) mass is 238 g/mol. The number of carbonyl (C=O) groups is 1. The van der Waals surface area contributed by atoms with Crippen LogP contribution in [0.25, 0.3) is 0 Å². The maximum atomic E-state index is 12.0. The molecule has 3 nitrogen and oxygen atoms in total.